The van der Waals surface area contributed by atoms with Crippen molar-refractivity contribution in [1.29, 1.82) is 0 Å². The third kappa shape index (κ3) is 1.85. The van der Waals surface area contributed by atoms with Crippen LogP contribution in [0.4, 0.5) is 5.82 Å². The highest BCUT2D eigenvalue weighted by atomic mass is 16.1. The number of hydrogen-bond acceptors (Lipinski definition) is 3. The largest absolute Gasteiger partial charge is 0.307 e. The van der Waals surface area contributed by atoms with E-state index in [1.165, 1.54) is 6.08 Å². The second kappa shape index (κ2) is 3.91. The lowest BCUT2D eigenvalue weighted by Crippen LogP contribution is -2.08. The van der Waals surface area contributed by atoms with Crippen LogP contribution in [0.25, 0.3) is 11.0 Å². The van der Waals surface area contributed by atoms with Gasteiger partial charge >= 0.3 is 0 Å². The number of rotatable bonds is 2. The third-order valence-corrected chi connectivity index (χ3v) is 1.90. The number of amides is 1. The van der Waals surface area contributed by atoms with Crippen molar-refractivity contribution in [2.45, 2.75) is 6.92 Å². The van der Waals surface area contributed by atoms with Crippen LogP contribution in [-0.2, 0) is 4.79 Å². The normalized spacial score (nSPS) is 11.0. The lowest BCUT2D eigenvalue weighted by atomic mass is 10.3. The molecule has 2 heterocycles. The zero-order valence-corrected chi connectivity index (χ0v) is 8.19. The Balaban J connectivity index is 2.32. The molecule has 2 aromatic heterocycles. The van der Waals surface area contributed by atoms with Crippen LogP contribution in [-0.4, -0.2) is 21.1 Å². The summed E-state index contributed by atoms with van der Waals surface area (Å²) in [7, 11) is 0. The fourth-order valence-corrected chi connectivity index (χ4v) is 1.26. The number of aromatic amines is 1. The minimum Gasteiger partial charge on any atom is -0.307 e. The van der Waals surface area contributed by atoms with E-state index in [1.807, 2.05) is 6.07 Å². The summed E-state index contributed by atoms with van der Waals surface area (Å²) in [6.45, 7) is 1.78. The average Bonchev–Trinajstić information content (AvgIpc) is 2.62. The van der Waals surface area contributed by atoms with Crippen molar-refractivity contribution in [3.63, 3.8) is 0 Å². The Bertz CT molecular complexity index is 515. The van der Waals surface area contributed by atoms with E-state index in [0.717, 1.165) is 5.39 Å². The van der Waals surface area contributed by atoms with E-state index in [0.29, 0.717) is 11.5 Å². The summed E-state index contributed by atoms with van der Waals surface area (Å²) >= 11 is 0. The molecule has 0 aromatic carbocycles. The van der Waals surface area contributed by atoms with Crippen molar-refractivity contribution >= 4 is 22.8 Å². The zero-order chi connectivity index (χ0) is 10.7. The van der Waals surface area contributed by atoms with Gasteiger partial charge in [0, 0.05) is 6.20 Å². The number of nitrogens with one attached hydrogen (secondary N) is 2. The number of aromatic nitrogens is 3. The van der Waals surface area contributed by atoms with E-state index in [1.54, 1.807) is 25.3 Å². The number of fused-ring (bicyclic) bond motifs is 1. The maximum absolute atomic E-state index is 11.3. The Morgan fingerprint density at radius 2 is 2.47 bits per heavy atom. The Morgan fingerprint density at radius 3 is 3.27 bits per heavy atom. The second-order valence-electron chi connectivity index (χ2n) is 2.96. The van der Waals surface area contributed by atoms with Gasteiger partial charge in [-0.3, -0.25) is 9.89 Å². The topological polar surface area (TPSA) is 70.7 Å². The van der Waals surface area contributed by atoms with Crippen LogP contribution in [0.5, 0.6) is 0 Å². The Hall–Kier alpha value is -2.17. The first-order valence-corrected chi connectivity index (χ1v) is 4.54. The first-order valence-electron chi connectivity index (χ1n) is 4.54. The van der Waals surface area contributed by atoms with Gasteiger partial charge in [-0.25, -0.2) is 4.98 Å². The van der Waals surface area contributed by atoms with Crippen LogP contribution in [0.15, 0.2) is 30.5 Å². The smallest absolute Gasteiger partial charge is 0.249 e. The predicted molar refractivity (Wildman–Crippen MR) is 57.3 cm³/mol. The van der Waals surface area contributed by atoms with Gasteiger partial charge in [0.2, 0.25) is 5.91 Å². The molecule has 0 aliphatic heterocycles. The lowest BCUT2D eigenvalue weighted by molar-refractivity contribution is -0.111. The molecule has 0 bridgehead atoms. The molecule has 0 aliphatic rings. The van der Waals surface area contributed by atoms with Crippen LogP contribution in [0.2, 0.25) is 0 Å². The molecule has 0 aliphatic carbocycles. The van der Waals surface area contributed by atoms with E-state index in [4.69, 9.17) is 0 Å². The third-order valence-electron chi connectivity index (χ3n) is 1.90. The van der Waals surface area contributed by atoms with Crippen molar-refractivity contribution in [2.75, 3.05) is 5.32 Å². The quantitative estimate of drug-likeness (QED) is 0.724. The van der Waals surface area contributed by atoms with Crippen LogP contribution in [0.3, 0.4) is 0 Å². The molecule has 2 aromatic rings. The fraction of sp³-hybridized carbons (Fsp3) is 0.100. The molecule has 0 spiro atoms. The first-order chi connectivity index (χ1) is 7.31. The van der Waals surface area contributed by atoms with Crippen molar-refractivity contribution in [3.8, 4) is 0 Å². The summed E-state index contributed by atoms with van der Waals surface area (Å²) in [5.41, 5.74) is 0.591. The van der Waals surface area contributed by atoms with Crippen LogP contribution < -0.4 is 5.32 Å². The molecule has 0 fully saturated rings. The maximum Gasteiger partial charge on any atom is 0.249 e. The summed E-state index contributed by atoms with van der Waals surface area (Å²) in [5.74, 6) is 0.383. The first kappa shape index (κ1) is 9.39. The van der Waals surface area contributed by atoms with Gasteiger partial charge in [-0.2, -0.15) is 5.10 Å². The number of hydrogen-bond donors (Lipinski definition) is 2. The van der Waals surface area contributed by atoms with E-state index < -0.39 is 0 Å². The van der Waals surface area contributed by atoms with Crippen LogP contribution in [0.1, 0.15) is 6.92 Å². The molecule has 0 saturated heterocycles. The molecule has 2 N–H and O–H groups in total. The molecule has 2 rings (SSSR count). The van der Waals surface area contributed by atoms with E-state index in [-0.39, 0.29) is 5.91 Å². The van der Waals surface area contributed by atoms with Crippen molar-refractivity contribution < 1.29 is 4.79 Å². The van der Waals surface area contributed by atoms with Gasteiger partial charge in [0.1, 0.15) is 5.82 Å². The molecule has 0 saturated carbocycles. The monoisotopic (exact) mass is 202 g/mol. The molecular formula is C10H10N4O. The Labute approximate surface area is 86.2 Å². The minimum atomic E-state index is -0.188. The second-order valence-corrected chi connectivity index (χ2v) is 2.96. The highest BCUT2D eigenvalue weighted by Gasteiger charge is 2.06. The van der Waals surface area contributed by atoms with Crippen molar-refractivity contribution in [2.24, 2.45) is 0 Å². The van der Waals surface area contributed by atoms with Gasteiger partial charge < -0.3 is 5.32 Å². The Morgan fingerprint density at radius 1 is 1.60 bits per heavy atom. The highest BCUT2D eigenvalue weighted by molar-refractivity contribution is 6.03. The molecule has 5 heteroatoms. The number of anilines is 1. The molecule has 1 amide bonds. The molecule has 0 radical (unpaired) electrons. The molecule has 5 nitrogen and oxygen atoms in total. The van der Waals surface area contributed by atoms with E-state index in [9.17, 15) is 4.79 Å². The number of carbonyl (C=O) groups is 1. The zero-order valence-electron chi connectivity index (χ0n) is 8.19. The molecule has 76 valence electrons. The summed E-state index contributed by atoms with van der Waals surface area (Å²) in [6.07, 6.45) is 4.77. The molecule has 0 atom stereocenters. The summed E-state index contributed by atoms with van der Waals surface area (Å²) in [5, 5.41) is 10.2. The maximum atomic E-state index is 11.3. The fourth-order valence-electron chi connectivity index (χ4n) is 1.26. The minimum absolute atomic E-state index is 0.188. The number of H-pyrrole nitrogens is 1. The highest BCUT2D eigenvalue weighted by Crippen LogP contribution is 2.17. The van der Waals surface area contributed by atoms with Gasteiger partial charge in [-0.1, -0.05) is 6.08 Å². The number of allylic oxidation sites excluding steroid dienone is 1. The van der Waals surface area contributed by atoms with E-state index >= 15 is 0 Å². The van der Waals surface area contributed by atoms with E-state index in [2.05, 4.69) is 20.5 Å². The summed E-state index contributed by atoms with van der Waals surface area (Å²) in [4.78, 5) is 15.3. The summed E-state index contributed by atoms with van der Waals surface area (Å²) in [6, 6.07) is 3.64. The van der Waals surface area contributed by atoms with Gasteiger partial charge in [0.05, 0.1) is 5.39 Å². The molecule has 15 heavy (non-hydrogen) atoms. The number of nitrogens with zero attached hydrogens (tertiary/aromatic N) is 2. The average molecular weight is 202 g/mol. The SMILES string of the molecule is C/C=C/C(=O)Nc1[nH]nc2ncccc12. The van der Waals surface area contributed by atoms with Crippen LogP contribution in [0, 0.1) is 0 Å². The molecule has 0 unspecified atom stereocenters. The van der Waals surface area contributed by atoms with Crippen molar-refractivity contribution in [1.82, 2.24) is 15.2 Å². The number of pyridine rings is 1. The van der Waals surface area contributed by atoms with Crippen LogP contribution >= 0.6 is 0 Å². The van der Waals surface area contributed by atoms with Crippen molar-refractivity contribution in [3.05, 3.63) is 30.5 Å². The van der Waals surface area contributed by atoms with Gasteiger partial charge in [0.25, 0.3) is 0 Å². The Kier molecular flexibility index (Phi) is 2.45. The van der Waals surface area contributed by atoms with Gasteiger partial charge in [0.15, 0.2) is 5.65 Å². The van der Waals surface area contributed by atoms with Gasteiger partial charge in [-0.15, -0.1) is 0 Å². The predicted octanol–water partition coefficient (Wildman–Crippen LogP) is 1.47. The molecular weight excluding hydrogens is 192 g/mol. The lowest BCUT2D eigenvalue weighted by Gasteiger charge is -1.97. The standard InChI is InChI=1S/C10H10N4O/c1-2-4-8(15)12-10-7-5-3-6-11-9(7)13-14-10/h2-6H,1H3,(H2,11,12,13,14,15)/b4-2+. The van der Waals surface area contributed by atoms with Gasteiger partial charge in [-0.05, 0) is 25.1 Å². The summed E-state index contributed by atoms with van der Waals surface area (Å²) < 4.78 is 0. The number of carbonyl (C=O) groups excluding carboxylic acids is 1.